The van der Waals surface area contributed by atoms with Gasteiger partial charge in [-0.25, -0.2) is 9.18 Å². The van der Waals surface area contributed by atoms with E-state index < -0.39 is 11.8 Å². The fourth-order valence-electron chi connectivity index (χ4n) is 3.17. The van der Waals surface area contributed by atoms with Gasteiger partial charge in [-0.15, -0.1) is 0 Å². The van der Waals surface area contributed by atoms with Crippen molar-refractivity contribution in [3.8, 4) is 11.4 Å². The van der Waals surface area contributed by atoms with Crippen molar-refractivity contribution in [3.05, 3.63) is 29.7 Å². The van der Waals surface area contributed by atoms with Gasteiger partial charge in [-0.3, -0.25) is 0 Å². The highest BCUT2D eigenvalue weighted by Crippen LogP contribution is 2.37. The Morgan fingerprint density at radius 1 is 1.43 bits per heavy atom. The van der Waals surface area contributed by atoms with Gasteiger partial charge in [-0.2, -0.15) is 4.98 Å². The van der Waals surface area contributed by atoms with Gasteiger partial charge in [-0.05, 0) is 19.9 Å². The van der Waals surface area contributed by atoms with Gasteiger partial charge in [0.05, 0.1) is 7.11 Å². The highest BCUT2D eigenvalue weighted by Gasteiger charge is 2.42. The van der Waals surface area contributed by atoms with E-state index >= 15 is 4.39 Å². The van der Waals surface area contributed by atoms with Crippen LogP contribution in [0.5, 0.6) is 0 Å². The lowest BCUT2D eigenvalue weighted by atomic mass is 9.93. The Bertz CT molecular complexity index is 859. The number of aromatic nitrogens is 2. The number of hydrogen-bond acceptors (Lipinski definition) is 7. The molecule has 0 aliphatic carbocycles. The first kappa shape index (κ1) is 19.8. The SMILES string of the molecule is COC(=O)N1CCC(F)(c2nc(-c3ccc(C=N)c(NC(C)C)c3)no2)CC1. The number of ether oxygens (including phenoxy) is 1. The number of alkyl halides is 1. The van der Waals surface area contributed by atoms with Crippen LogP contribution in [0.15, 0.2) is 22.7 Å². The fraction of sp³-hybridized carbons (Fsp3) is 0.474. The zero-order chi connectivity index (χ0) is 20.3. The number of hydrogen-bond donors (Lipinski definition) is 2. The quantitative estimate of drug-likeness (QED) is 0.758. The lowest BCUT2D eigenvalue weighted by molar-refractivity contribution is 0.0261. The van der Waals surface area contributed by atoms with Crippen LogP contribution in [0.2, 0.25) is 0 Å². The molecule has 0 radical (unpaired) electrons. The van der Waals surface area contributed by atoms with Crippen molar-refractivity contribution in [2.75, 3.05) is 25.5 Å². The Morgan fingerprint density at radius 3 is 2.75 bits per heavy atom. The standard InChI is InChI=1S/C19H24FN5O3/c1-12(2)22-15-10-13(4-5-14(15)11-21)16-23-17(28-24-16)19(20)6-8-25(9-7-19)18(26)27-3/h4-5,10-12,21-22H,6-9H2,1-3H3. The Labute approximate surface area is 162 Å². The van der Waals surface area contributed by atoms with Gasteiger partial charge < -0.3 is 24.9 Å². The molecule has 0 bridgehead atoms. The molecule has 0 spiro atoms. The summed E-state index contributed by atoms with van der Waals surface area (Å²) in [5, 5.41) is 14.7. The number of nitrogens with one attached hydrogen (secondary N) is 2. The highest BCUT2D eigenvalue weighted by molar-refractivity contribution is 5.87. The summed E-state index contributed by atoms with van der Waals surface area (Å²) in [4.78, 5) is 17.3. The van der Waals surface area contributed by atoms with Crippen LogP contribution in [-0.2, 0) is 10.4 Å². The van der Waals surface area contributed by atoms with Crippen LogP contribution in [0, 0.1) is 5.41 Å². The summed E-state index contributed by atoms with van der Waals surface area (Å²) in [5.41, 5.74) is 0.400. The molecule has 1 saturated heterocycles. The summed E-state index contributed by atoms with van der Waals surface area (Å²) >= 11 is 0. The number of piperidine rings is 1. The van der Waals surface area contributed by atoms with Crippen molar-refractivity contribution >= 4 is 18.0 Å². The molecule has 2 N–H and O–H groups in total. The number of likely N-dealkylation sites (tertiary alicyclic amines) is 1. The number of halogens is 1. The van der Waals surface area contributed by atoms with Crippen molar-refractivity contribution in [2.45, 2.75) is 38.4 Å². The van der Waals surface area contributed by atoms with Gasteiger partial charge in [0.1, 0.15) is 0 Å². The van der Waals surface area contributed by atoms with Crippen LogP contribution in [0.3, 0.4) is 0 Å². The summed E-state index contributed by atoms with van der Waals surface area (Å²) in [6.07, 6.45) is 0.930. The highest BCUT2D eigenvalue weighted by atomic mass is 19.1. The van der Waals surface area contributed by atoms with Crippen LogP contribution in [0.4, 0.5) is 14.9 Å². The zero-order valence-corrected chi connectivity index (χ0v) is 16.2. The molecule has 1 aromatic carbocycles. The van der Waals surface area contributed by atoms with E-state index in [1.165, 1.54) is 18.2 Å². The number of nitrogens with zero attached hydrogens (tertiary/aromatic N) is 3. The van der Waals surface area contributed by atoms with Gasteiger partial charge in [0.15, 0.2) is 5.67 Å². The maximum absolute atomic E-state index is 15.3. The normalized spacial score (nSPS) is 16.1. The molecule has 2 heterocycles. The van der Waals surface area contributed by atoms with Crippen LogP contribution in [0.25, 0.3) is 11.4 Å². The molecule has 28 heavy (non-hydrogen) atoms. The molecule has 1 amide bonds. The summed E-state index contributed by atoms with van der Waals surface area (Å²) < 4.78 is 25.2. The zero-order valence-electron chi connectivity index (χ0n) is 16.2. The first-order valence-corrected chi connectivity index (χ1v) is 9.13. The van der Waals surface area contributed by atoms with Gasteiger partial charge >= 0.3 is 6.09 Å². The third-order valence-electron chi connectivity index (χ3n) is 4.71. The molecule has 1 aliphatic rings. The van der Waals surface area contributed by atoms with Gasteiger partial charge in [0, 0.05) is 55.0 Å². The number of anilines is 1. The van der Waals surface area contributed by atoms with Crippen molar-refractivity contribution in [1.29, 1.82) is 5.41 Å². The van der Waals surface area contributed by atoms with E-state index in [1.54, 1.807) is 12.1 Å². The van der Waals surface area contributed by atoms with Crippen molar-refractivity contribution in [2.24, 2.45) is 0 Å². The Kier molecular flexibility index (Phi) is 5.62. The summed E-state index contributed by atoms with van der Waals surface area (Å²) in [6.45, 7) is 4.44. The fourth-order valence-corrected chi connectivity index (χ4v) is 3.17. The molecule has 1 aliphatic heterocycles. The molecule has 8 nitrogen and oxygen atoms in total. The summed E-state index contributed by atoms with van der Waals surface area (Å²) in [7, 11) is 1.30. The molecule has 150 valence electrons. The van der Waals surface area contributed by atoms with E-state index in [0.29, 0.717) is 5.56 Å². The van der Waals surface area contributed by atoms with E-state index in [2.05, 4.69) is 20.2 Å². The monoisotopic (exact) mass is 389 g/mol. The number of amides is 1. The molecular weight excluding hydrogens is 365 g/mol. The molecule has 1 aromatic heterocycles. The number of methoxy groups -OCH3 is 1. The van der Waals surface area contributed by atoms with Gasteiger partial charge in [0.25, 0.3) is 5.89 Å². The average molecular weight is 389 g/mol. The second-order valence-electron chi connectivity index (χ2n) is 7.09. The molecular formula is C19H24FN5O3. The van der Waals surface area contributed by atoms with Gasteiger partial charge in [-0.1, -0.05) is 17.3 Å². The molecule has 9 heteroatoms. The maximum Gasteiger partial charge on any atom is 0.409 e. The molecule has 3 rings (SSSR count). The molecule has 2 aromatic rings. The van der Waals surface area contributed by atoms with Crippen molar-refractivity contribution < 1.29 is 18.4 Å². The Morgan fingerprint density at radius 2 is 2.14 bits per heavy atom. The minimum atomic E-state index is -1.77. The van der Waals surface area contributed by atoms with E-state index in [-0.39, 0.29) is 43.7 Å². The largest absolute Gasteiger partial charge is 0.453 e. The van der Waals surface area contributed by atoms with Crippen LogP contribution in [-0.4, -0.2) is 53.6 Å². The van der Waals surface area contributed by atoms with E-state index in [4.69, 9.17) is 9.93 Å². The lowest BCUT2D eigenvalue weighted by Crippen LogP contribution is -2.43. The van der Waals surface area contributed by atoms with E-state index in [0.717, 1.165) is 11.3 Å². The number of rotatable bonds is 5. The Hall–Kier alpha value is -2.97. The lowest BCUT2D eigenvalue weighted by Gasteiger charge is -2.33. The van der Waals surface area contributed by atoms with Crippen LogP contribution in [0.1, 0.15) is 38.1 Å². The summed E-state index contributed by atoms with van der Waals surface area (Å²) in [5.74, 6) is 0.201. The first-order chi connectivity index (χ1) is 13.4. The minimum absolute atomic E-state index is 0.0661. The second-order valence-corrected chi connectivity index (χ2v) is 7.09. The molecule has 0 unspecified atom stereocenters. The van der Waals surface area contributed by atoms with Gasteiger partial charge in [0.2, 0.25) is 5.82 Å². The minimum Gasteiger partial charge on any atom is -0.453 e. The topological polar surface area (TPSA) is 104 Å². The van der Waals surface area contributed by atoms with Crippen LogP contribution < -0.4 is 5.32 Å². The molecule has 0 atom stereocenters. The van der Waals surface area contributed by atoms with Crippen molar-refractivity contribution in [3.63, 3.8) is 0 Å². The van der Waals surface area contributed by atoms with Crippen molar-refractivity contribution in [1.82, 2.24) is 15.0 Å². The Balaban J connectivity index is 1.81. The second kappa shape index (κ2) is 7.95. The number of carbonyl (C=O) groups is 1. The number of benzene rings is 1. The van der Waals surface area contributed by atoms with E-state index in [9.17, 15) is 4.79 Å². The molecule has 1 fully saturated rings. The third kappa shape index (κ3) is 3.97. The third-order valence-corrected chi connectivity index (χ3v) is 4.71. The molecule has 0 saturated carbocycles. The van der Waals surface area contributed by atoms with Crippen LogP contribution >= 0.6 is 0 Å². The average Bonchev–Trinajstić information content (AvgIpc) is 3.18. The first-order valence-electron chi connectivity index (χ1n) is 9.13. The number of carbonyl (C=O) groups excluding carboxylic acids is 1. The predicted molar refractivity (Wildman–Crippen MR) is 102 cm³/mol. The maximum atomic E-state index is 15.3. The predicted octanol–water partition coefficient (Wildman–Crippen LogP) is 3.58. The van der Waals surface area contributed by atoms with E-state index in [1.807, 2.05) is 19.9 Å². The summed E-state index contributed by atoms with van der Waals surface area (Å²) in [6, 6.07) is 5.55. The smallest absolute Gasteiger partial charge is 0.409 e.